The number of nitrogens with zero attached hydrogens (tertiary/aromatic N) is 1. The molecule has 1 aliphatic rings. The molecule has 0 unspecified atom stereocenters. The van der Waals surface area contributed by atoms with Crippen LogP contribution in [0.4, 0.5) is 0 Å². The van der Waals surface area contributed by atoms with Crippen molar-refractivity contribution < 1.29 is 17.9 Å². The zero-order valence-electron chi connectivity index (χ0n) is 19.1. The van der Waals surface area contributed by atoms with Gasteiger partial charge in [0, 0.05) is 43.2 Å². The first-order chi connectivity index (χ1) is 15.9. The van der Waals surface area contributed by atoms with Crippen LogP contribution in [-0.4, -0.2) is 50.4 Å². The predicted octanol–water partition coefficient (Wildman–Crippen LogP) is 3.63. The third-order valence-corrected chi connectivity index (χ3v) is 8.31. The summed E-state index contributed by atoms with van der Waals surface area (Å²) >= 11 is 0. The van der Waals surface area contributed by atoms with Crippen molar-refractivity contribution in [3.05, 3.63) is 59.8 Å². The number of H-pyrrole nitrogens is 1. The van der Waals surface area contributed by atoms with Crippen LogP contribution in [0.5, 0.6) is 5.75 Å². The average Bonchev–Trinajstić information content (AvgIpc) is 3.22. The van der Waals surface area contributed by atoms with Gasteiger partial charge in [0.15, 0.2) is 0 Å². The molecule has 2 heterocycles. The van der Waals surface area contributed by atoms with E-state index in [0.29, 0.717) is 43.8 Å². The van der Waals surface area contributed by atoms with E-state index in [0.717, 1.165) is 34.2 Å². The maximum absolute atomic E-state index is 12.9. The lowest BCUT2D eigenvalue weighted by atomic mass is 9.94. The Morgan fingerprint density at radius 1 is 1.15 bits per heavy atom. The van der Waals surface area contributed by atoms with Crippen LogP contribution in [0.1, 0.15) is 30.4 Å². The number of sulfonamides is 1. The van der Waals surface area contributed by atoms with Crippen LogP contribution in [0.15, 0.2) is 53.6 Å². The fraction of sp³-hybridized carbons (Fsp3) is 0.400. The number of ether oxygens (including phenoxy) is 1. The molecule has 1 amide bonds. The van der Waals surface area contributed by atoms with Gasteiger partial charge in [-0.05, 0) is 68.0 Å². The number of nitrogens with one attached hydrogen (secondary N) is 2. The van der Waals surface area contributed by atoms with Gasteiger partial charge in [-0.1, -0.05) is 17.7 Å². The van der Waals surface area contributed by atoms with Crippen molar-refractivity contribution in [3.63, 3.8) is 0 Å². The van der Waals surface area contributed by atoms with Gasteiger partial charge in [0.25, 0.3) is 0 Å². The van der Waals surface area contributed by atoms with Gasteiger partial charge in [0.1, 0.15) is 5.75 Å². The first kappa shape index (κ1) is 23.3. The smallest absolute Gasteiger partial charge is 0.243 e. The zero-order valence-corrected chi connectivity index (χ0v) is 20.0. The van der Waals surface area contributed by atoms with Gasteiger partial charge >= 0.3 is 0 Å². The van der Waals surface area contributed by atoms with Crippen molar-refractivity contribution in [2.24, 2.45) is 5.92 Å². The first-order valence-corrected chi connectivity index (χ1v) is 12.8. The fourth-order valence-corrected chi connectivity index (χ4v) is 5.85. The van der Waals surface area contributed by atoms with E-state index in [2.05, 4.69) is 10.3 Å². The van der Waals surface area contributed by atoms with Crippen molar-refractivity contribution in [2.45, 2.75) is 37.5 Å². The molecule has 2 N–H and O–H groups in total. The van der Waals surface area contributed by atoms with Crippen molar-refractivity contribution in [1.29, 1.82) is 0 Å². The minimum absolute atomic E-state index is 0.0206. The number of benzene rings is 2. The minimum Gasteiger partial charge on any atom is -0.497 e. The summed E-state index contributed by atoms with van der Waals surface area (Å²) in [4.78, 5) is 16.0. The summed E-state index contributed by atoms with van der Waals surface area (Å²) in [6, 6.07) is 12.9. The standard InChI is InChI=1S/C25H31N3O4S/c1-18-3-6-22(7-4-18)33(30,31)28-13-10-19(11-14-28)15-25(29)26-12-9-20-17-27-24-8-5-21(32-2)16-23(20)24/h3-8,16-17,19,27H,9-15H2,1-2H3,(H,26,29). The van der Waals surface area contributed by atoms with Gasteiger partial charge in [-0.2, -0.15) is 4.31 Å². The summed E-state index contributed by atoms with van der Waals surface area (Å²) in [5.41, 5.74) is 3.21. The molecular weight excluding hydrogens is 438 g/mol. The molecule has 3 aromatic rings. The number of methoxy groups -OCH3 is 1. The highest BCUT2D eigenvalue weighted by Gasteiger charge is 2.30. The molecule has 1 aromatic heterocycles. The topological polar surface area (TPSA) is 91.5 Å². The molecule has 1 aliphatic heterocycles. The Bertz CT molecular complexity index is 1210. The summed E-state index contributed by atoms with van der Waals surface area (Å²) in [7, 11) is -1.82. The number of rotatable bonds is 8. The van der Waals surface area contributed by atoms with Crippen LogP contribution < -0.4 is 10.1 Å². The molecule has 8 heteroatoms. The maximum Gasteiger partial charge on any atom is 0.243 e. The SMILES string of the molecule is COc1ccc2[nH]cc(CCNC(=O)CC3CCN(S(=O)(=O)c4ccc(C)cc4)CC3)c2c1. The molecule has 1 saturated heterocycles. The van der Waals surface area contributed by atoms with Crippen molar-refractivity contribution in [2.75, 3.05) is 26.7 Å². The number of aryl methyl sites for hydroxylation is 1. The summed E-state index contributed by atoms with van der Waals surface area (Å²) in [5.74, 6) is 1.03. The number of carbonyl (C=O) groups is 1. The third kappa shape index (κ3) is 5.39. The molecule has 1 fully saturated rings. The lowest BCUT2D eigenvalue weighted by molar-refractivity contribution is -0.122. The molecular formula is C25H31N3O4S. The molecule has 33 heavy (non-hydrogen) atoms. The van der Waals surface area contributed by atoms with Gasteiger partial charge in [0.2, 0.25) is 15.9 Å². The van der Waals surface area contributed by atoms with E-state index >= 15 is 0 Å². The summed E-state index contributed by atoms with van der Waals surface area (Å²) in [6.07, 6.45) is 4.52. The van der Waals surface area contributed by atoms with E-state index in [1.54, 1.807) is 19.2 Å². The van der Waals surface area contributed by atoms with Crippen LogP contribution in [0.2, 0.25) is 0 Å². The summed E-state index contributed by atoms with van der Waals surface area (Å²) < 4.78 is 32.5. The Labute approximate surface area is 195 Å². The second-order valence-corrected chi connectivity index (χ2v) is 10.6. The van der Waals surface area contributed by atoms with Crippen LogP contribution in [0.3, 0.4) is 0 Å². The summed E-state index contributed by atoms with van der Waals surface area (Å²) in [6.45, 7) is 3.39. The fourth-order valence-electron chi connectivity index (χ4n) is 4.38. The average molecular weight is 470 g/mol. The van der Waals surface area contributed by atoms with Crippen LogP contribution in [0.25, 0.3) is 10.9 Å². The van der Waals surface area contributed by atoms with Gasteiger partial charge in [-0.15, -0.1) is 0 Å². The van der Waals surface area contributed by atoms with Gasteiger partial charge in [-0.3, -0.25) is 4.79 Å². The molecule has 2 aromatic carbocycles. The van der Waals surface area contributed by atoms with E-state index < -0.39 is 10.0 Å². The number of amides is 1. The molecule has 176 valence electrons. The molecule has 7 nitrogen and oxygen atoms in total. The number of hydrogen-bond acceptors (Lipinski definition) is 4. The first-order valence-electron chi connectivity index (χ1n) is 11.3. The lowest BCUT2D eigenvalue weighted by Crippen LogP contribution is -2.39. The molecule has 0 aliphatic carbocycles. The Balaban J connectivity index is 1.24. The van der Waals surface area contributed by atoms with Crippen molar-refractivity contribution in [1.82, 2.24) is 14.6 Å². The monoisotopic (exact) mass is 469 g/mol. The Kier molecular flexibility index (Phi) is 7.05. The van der Waals surface area contributed by atoms with E-state index in [-0.39, 0.29) is 11.8 Å². The normalized spacial score (nSPS) is 15.6. The van der Waals surface area contributed by atoms with Crippen LogP contribution in [0, 0.1) is 12.8 Å². The second-order valence-electron chi connectivity index (χ2n) is 8.69. The Hall–Kier alpha value is -2.84. The van der Waals surface area contributed by atoms with Crippen molar-refractivity contribution in [3.8, 4) is 5.75 Å². The van der Waals surface area contributed by atoms with Gasteiger partial charge in [0.05, 0.1) is 12.0 Å². The van der Waals surface area contributed by atoms with Crippen LogP contribution in [-0.2, 0) is 21.2 Å². The maximum atomic E-state index is 12.9. The molecule has 0 radical (unpaired) electrons. The van der Waals surface area contributed by atoms with E-state index in [1.165, 1.54) is 4.31 Å². The van der Waals surface area contributed by atoms with Gasteiger partial charge < -0.3 is 15.0 Å². The molecule has 0 atom stereocenters. The Morgan fingerprint density at radius 2 is 1.88 bits per heavy atom. The second kappa shape index (κ2) is 9.97. The Morgan fingerprint density at radius 3 is 2.58 bits per heavy atom. The molecule has 4 rings (SSSR count). The quantitative estimate of drug-likeness (QED) is 0.527. The highest BCUT2D eigenvalue weighted by Crippen LogP contribution is 2.26. The van der Waals surface area contributed by atoms with Crippen molar-refractivity contribution >= 4 is 26.8 Å². The number of carbonyl (C=O) groups excluding carboxylic acids is 1. The predicted molar refractivity (Wildman–Crippen MR) is 129 cm³/mol. The highest BCUT2D eigenvalue weighted by molar-refractivity contribution is 7.89. The number of fused-ring (bicyclic) bond motifs is 1. The molecule has 0 saturated carbocycles. The minimum atomic E-state index is -3.47. The molecule has 0 bridgehead atoms. The number of aromatic nitrogens is 1. The lowest BCUT2D eigenvalue weighted by Gasteiger charge is -2.31. The number of hydrogen-bond donors (Lipinski definition) is 2. The summed E-state index contributed by atoms with van der Waals surface area (Å²) in [5, 5.41) is 4.12. The van der Waals surface area contributed by atoms with E-state index in [9.17, 15) is 13.2 Å². The number of piperidine rings is 1. The highest BCUT2D eigenvalue weighted by atomic mass is 32.2. The zero-order chi connectivity index (χ0) is 23.4. The van der Waals surface area contributed by atoms with E-state index in [1.807, 2.05) is 43.5 Å². The number of aromatic amines is 1. The molecule has 0 spiro atoms. The largest absolute Gasteiger partial charge is 0.497 e. The van der Waals surface area contributed by atoms with Crippen LogP contribution >= 0.6 is 0 Å². The van der Waals surface area contributed by atoms with Gasteiger partial charge in [-0.25, -0.2) is 8.42 Å². The van der Waals surface area contributed by atoms with E-state index in [4.69, 9.17) is 4.74 Å². The third-order valence-electron chi connectivity index (χ3n) is 6.40.